The minimum absolute atomic E-state index is 0. The second kappa shape index (κ2) is 14.9. The Labute approximate surface area is 118 Å². The Morgan fingerprint density at radius 2 is 0.882 bits per heavy atom. The van der Waals surface area contributed by atoms with Crippen LogP contribution < -0.4 is 0 Å². The van der Waals surface area contributed by atoms with Crippen molar-refractivity contribution in [3.63, 3.8) is 0 Å². The van der Waals surface area contributed by atoms with Crippen LogP contribution in [0.25, 0.3) is 0 Å². The Morgan fingerprint density at radius 3 is 0.941 bits per heavy atom. The Kier molecular flexibility index (Phi) is 16.0. The monoisotopic (exact) mass is 335 g/mol. The third-order valence-corrected chi connectivity index (χ3v) is 1.33. The van der Waals surface area contributed by atoms with Gasteiger partial charge in [-0.2, -0.15) is 64.9 Å². The van der Waals surface area contributed by atoms with Crippen molar-refractivity contribution < 1.29 is 19.5 Å². The topological polar surface area (TPSA) is 47.4 Å². The fraction of sp³-hybridized carbons (Fsp3) is 0. The molecule has 0 aliphatic heterocycles. The van der Waals surface area contributed by atoms with Crippen molar-refractivity contribution in [1.82, 2.24) is 15.0 Å². The SMILES string of the molecule is P.[Rh+3].[c-]1ccc[nH]1.[c-]1ccc[nH]1.[c-]1ccc[nH]1. The maximum atomic E-state index is 2.74. The van der Waals surface area contributed by atoms with Crippen LogP contribution in [0, 0.1) is 18.6 Å². The first kappa shape index (κ1) is 18.3. The summed E-state index contributed by atoms with van der Waals surface area (Å²) in [6, 6.07) is 11.1. The van der Waals surface area contributed by atoms with Gasteiger partial charge in [0.05, 0.1) is 0 Å². The molecular weight excluding hydrogens is 320 g/mol. The number of H-pyrrole nitrogens is 3. The first-order valence-electron chi connectivity index (χ1n) is 4.48. The van der Waals surface area contributed by atoms with Gasteiger partial charge in [0.1, 0.15) is 0 Å². The van der Waals surface area contributed by atoms with Gasteiger partial charge < -0.3 is 15.0 Å². The molecule has 0 aromatic carbocycles. The minimum atomic E-state index is 0. The van der Waals surface area contributed by atoms with Gasteiger partial charge in [0.2, 0.25) is 0 Å². The van der Waals surface area contributed by atoms with E-state index in [1.165, 1.54) is 0 Å². The zero-order valence-electron chi connectivity index (χ0n) is 9.24. The fourth-order valence-electron chi connectivity index (χ4n) is 0.722. The van der Waals surface area contributed by atoms with Gasteiger partial charge in [-0.3, -0.25) is 0 Å². The number of hydrogen-bond donors (Lipinski definition) is 3. The van der Waals surface area contributed by atoms with Crippen LogP contribution in [-0.2, 0) is 19.5 Å². The van der Waals surface area contributed by atoms with Crippen LogP contribution in [0.3, 0.4) is 0 Å². The molecule has 0 fully saturated rings. The van der Waals surface area contributed by atoms with E-state index in [0.717, 1.165) is 0 Å². The summed E-state index contributed by atoms with van der Waals surface area (Å²) in [6.07, 6.45) is 13.7. The molecule has 3 heterocycles. The molecule has 0 saturated carbocycles. The van der Waals surface area contributed by atoms with Gasteiger partial charge in [-0.15, -0.1) is 18.6 Å². The molecule has 0 bridgehead atoms. The van der Waals surface area contributed by atoms with E-state index in [4.69, 9.17) is 0 Å². The molecule has 0 aliphatic rings. The van der Waals surface area contributed by atoms with E-state index in [-0.39, 0.29) is 29.4 Å². The Balaban J connectivity index is 0. The van der Waals surface area contributed by atoms with Crippen molar-refractivity contribution in [3.05, 3.63) is 73.6 Å². The number of rotatable bonds is 0. The van der Waals surface area contributed by atoms with Crippen LogP contribution in [0.5, 0.6) is 0 Å². The smallest absolute Gasteiger partial charge is 0.484 e. The third kappa shape index (κ3) is 12.8. The molecule has 3 N–H and O–H groups in total. The molecule has 92 valence electrons. The predicted octanol–water partition coefficient (Wildman–Crippen LogP) is 2.50. The zero-order chi connectivity index (χ0) is 10.6. The maximum absolute atomic E-state index is 2.74. The number of hydrogen-bond acceptors (Lipinski definition) is 0. The van der Waals surface area contributed by atoms with Crippen molar-refractivity contribution in [2.45, 2.75) is 0 Å². The quantitative estimate of drug-likeness (QED) is 0.321. The van der Waals surface area contributed by atoms with Gasteiger partial charge >= 0.3 is 19.5 Å². The Bertz CT molecular complexity index is 254. The second-order valence-electron chi connectivity index (χ2n) is 2.44. The van der Waals surface area contributed by atoms with Gasteiger partial charge in [-0.05, 0) is 0 Å². The fourth-order valence-corrected chi connectivity index (χ4v) is 0.722. The molecule has 0 saturated heterocycles. The Morgan fingerprint density at radius 1 is 0.588 bits per heavy atom. The van der Waals surface area contributed by atoms with Crippen molar-refractivity contribution in [1.29, 1.82) is 0 Å². The van der Waals surface area contributed by atoms with Crippen molar-refractivity contribution in [2.75, 3.05) is 0 Å². The standard InChI is InChI=1S/3C4H4N.H3P.Rh/c3*1-2-4-5-3-1;;/h3*1-3,5H;1H3;/q3*-1;;+3. The molecule has 3 aromatic rings. The summed E-state index contributed by atoms with van der Waals surface area (Å²) in [4.78, 5) is 8.21. The summed E-state index contributed by atoms with van der Waals surface area (Å²) < 4.78 is 0. The molecule has 3 rings (SSSR count). The van der Waals surface area contributed by atoms with E-state index in [0.29, 0.717) is 0 Å². The average Bonchev–Trinajstić information content (AvgIpc) is 3.09. The van der Waals surface area contributed by atoms with Crippen molar-refractivity contribution in [3.8, 4) is 0 Å². The molecule has 3 aromatic heterocycles. The molecule has 17 heavy (non-hydrogen) atoms. The van der Waals surface area contributed by atoms with E-state index in [9.17, 15) is 0 Å². The number of aromatic amines is 3. The minimum Gasteiger partial charge on any atom is -0.484 e. The largest absolute Gasteiger partial charge is 3.00 e. The first-order valence-corrected chi connectivity index (χ1v) is 4.48. The van der Waals surface area contributed by atoms with Gasteiger partial charge in [-0.1, -0.05) is 0 Å². The summed E-state index contributed by atoms with van der Waals surface area (Å²) in [7, 11) is 0. The van der Waals surface area contributed by atoms with Gasteiger partial charge in [0.25, 0.3) is 0 Å². The molecule has 3 nitrogen and oxygen atoms in total. The van der Waals surface area contributed by atoms with Gasteiger partial charge in [0.15, 0.2) is 0 Å². The first-order chi connectivity index (χ1) is 7.50. The van der Waals surface area contributed by atoms with Crippen molar-refractivity contribution in [2.24, 2.45) is 0 Å². The number of nitrogens with one attached hydrogen (secondary N) is 3. The summed E-state index contributed by atoms with van der Waals surface area (Å²) in [5.41, 5.74) is 0. The average molecular weight is 335 g/mol. The van der Waals surface area contributed by atoms with Crippen LogP contribution in [0.1, 0.15) is 0 Å². The van der Waals surface area contributed by atoms with Crippen LogP contribution in [0.15, 0.2) is 55.0 Å². The zero-order valence-corrected chi connectivity index (χ0v) is 12.3. The molecule has 0 spiro atoms. The second-order valence-corrected chi connectivity index (χ2v) is 2.44. The van der Waals surface area contributed by atoms with E-state index in [1.807, 2.05) is 55.0 Å². The van der Waals surface area contributed by atoms with Crippen molar-refractivity contribution >= 4 is 9.90 Å². The third-order valence-electron chi connectivity index (χ3n) is 1.33. The predicted molar refractivity (Wildman–Crippen MR) is 70.0 cm³/mol. The molecule has 5 heteroatoms. The molecular formula is C12H15N3PRh. The summed E-state index contributed by atoms with van der Waals surface area (Å²) in [5.74, 6) is 0. The molecule has 0 aliphatic carbocycles. The van der Waals surface area contributed by atoms with Gasteiger partial charge in [0, 0.05) is 0 Å². The molecule has 1 unspecified atom stereocenters. The summed E-state index contributed by atoms with van der Waals surface area (Å²) in [5, 5.41) is 0. The molecule has 1 atom stereocenters. The summed E-state index contributed by atoms with van der Waals surface area (Å²) in [6.45, 7) is 0. The molecule has 0 radical (unpaired) electrons. The van der Waals surface area contributed by atoms with E-state index < -0.39 is 0 Å². The summed E-state index contributed by atoms with van der Waals surface area (Å²) >= 11 is 0. The number of aromatic nitrogens is 3. The Hall–Kier alpha value is -1.11. The molecule has 0 amide bonds. The maximum Gasteiger partial charge on any atom is 3.00 e. The van der Waals surface area contributed by atoms with Crippen LogP contribution in [-0.4, -0.2) is 15.0 Å². The van der Waals surface area contributed by atoms with E-state index in [1.54, 1.807) is 0 Å². The van der Waals surface area contributed by atoms with Crippen LogP contribution in [0.4, 0.5) is 0 Å². The van der Waals surface area contributed by atoms with Crippen LogP contribution >= 0.6 is 9.90 Å². The van der Waals surface area contributed by atoms with E-state index in [2.05, 4.69) is 33.5 Å². The van der Waals surface area contributed by atoms with E-state index >= 15 is 0 Å². The normalized spacial score (nSPS) is 7.06. The van der Waals surface area contributed by atoms with Crippen LogP contribution in [0.2, 0.25) is 0 Å². The van der Waals surface area contributed by atoms with Gasteiger partial charge in [-0.25, -0.2) is 0 Å².